The average Bonchev–Trinajstić information content (AvgIpc) is 3.27. The molecule has 0 saturated heterocycles. The van der Waals surface area contributed by atoms with Crippen molar-refractivity contribution in [2.45, 2.75) is 0 Å². The van der Waals surface area contributed by atoms with Gasteiger partial charge in [0.1, 0.15) is 0 Å². The molecule has 4 aromatic rings. The zero-order valence-electron chi connectivity index (χ0n) is 14.4. The molecular formula is C19H14ClN5O2S. The smallest absolute Gasteiger partial charge is 0.251 e. The number of hydrogen-bond acceptors (Lipinski definition) is 5. The zero-order chi connectivity index (χ0) is 19.5. The lowest BCUT2D eigenvalue weighted by atomic mass is 10.2. The van der Waals surface area contributed by atoms with E-state index in [2.05, 4.69) is 20.7 Å². The molecule has 0 bridgehead atoms. The number of benzene rings is 2. The van der Waals surface area contributed by atoms with Crippen molar-refractivity contribution in [3.63, 3.8) is 0 Å². The van der Waals surface area contributed by atoms with Crippen molar-refractivity contribution in [3.8, 4) is 11.3 Å². The molecule has 0 spiro atoms. The SMILES string of the molecule is O=C(CNC(=O)c1ccc(Cl)cc1)Nc1nc2scc(-c3ccccc3)n2n1. The van der Waals surface area contributed by atoms with E-state index < -0.39 is 5.91 Å². The molecule has 0 aliphatic rings. The van der Waals surface area contributed by atoms with E-state index in [-0.39, 0.29) is 18.4 Å². The minimum Gasteiger partial charge on any atom is -0.343 e. The summed E-state index contributed by atoms with van der Waals surface area (Å²) in [5, 5.41) is 12.0. The summed E-state index contributed by atoms with van der Waals surface area (Å²) in [5.41, 5.74) is 2.32. The molecule has 2 heterocycles. The monoisotopic (exact) mass is 411 g/mol. The first-order valence-corrected chi connectivity index (χ1v) is 9.59. The molecule has 0 atom stereocenters. The van der Waals surface area contributed by atoms with Gasteiger partial charge in [0.05, 0.1) is 12.2 Å². The second-order valence-corrected chi connectivity index (χ2v) is 7.13. The summed E-state index contributed by atoms with van der Waals surface area (Å²) in [6, 6.07) is 16.2. The molecule has 2 aromatic carbocycles. The van der Waals surface area contributed by atoms with Crippen LogP contribution in [0.15, 0.2) is 60.0 Å². The van der Waals surface area contributed by atoms with Gasteiger partial charge in [-0.1, -0.05) is 41.9 Å². The Morgan fingerprint density at radius 2 is 1.82 bits per heavy atom. The Kier molecular flexibility index (Phi) is 5.05. The highest BCUT2D eigenvalue weighted by Gasteiger charge is 2.14. The number of carbonyl (C=O) groups excluding carboxylic acids is 2. The number of amides is 2. The first-order chi connectivity index (χ1) is 13.6. The number of aromatic nitrogens is 3. The molecule has 0 radical (unpaired) electrons. The van der Waals surface area contributed by atoms with Crippen molar-refractivity contribution in [2.24, 2.45) is 0 Å². The average molecular weight is 412 g/mol. The van der Waals surface area contributed by atoms with Crippen LogP contribution in [0.1, 0.15) is 10.4 Å². The lowest BCUT2D eigenvalue weighted by molar-refractivity contribution is -0.115. The van der Waals surface area contributed by atoms with Crippen LogP contribution in [0.3, 0.4) is 0 Å². The summed E-state index contributed by atoms with van der Waals surface area (Å²) in [7, 11) is 0. The van der Waals surface area contributed by atoms with Gasteiger partial charge in [-0.15, -0.1) is 16.4 Å². The van der Waals surface area contributed by atoms with Crippen molar-refractivity contribution >= 4 is 45.7 Å². The molecule has 0 saturated carbocycles. The maximum atomic E-state index is 12.1. The van der Waals surface area contributed by atoms with Gasteiger partial charge in [-0.25, -0.2) is 4.52 Å². The predicted octanol–water partition coefficient (Wildman–Crippen LogP) is 3.48. The molecule has 7 nitrogen and oxygen atoms in total. The third-order valence-electron chi connectivity index (χ3n) is 3.92. The van der Waals surface area contributed by atoms with Gasteiger partial charge in [-0.05, 0) is 24.3 Å². The number of carbonyl (C=O) groups is 2. The summed E-state index contributed by atoms with van der Waals surface area (Å²) in [5.74, 6) is -0.589. The van der Waals surface area contributed by atoms with Gasteiger partial charge in [-0.3, -0.25) is 14.9 Å². The molecular weight excluding hydrogens is 398 g/mol. The second-order valence-electron chi connectivity index (χ2n) is 5.85. The Bertz CT molecular complexity index is 1140. The minimum atomic E-state index is -0.415. The third kappa shape index (κ3) is 3.88. The Hall–Kier alpha value is -3.23. The van der Waals surface area contributed by atoms with E-state index in [1.54, 1.807) is 28.8 Å². The van der Waals surface area contributed by atoms with Crippen molar-refractivity contribution in [3.05, 3.63) is 70.6 Å². The van der Waals surface area contributed by atoms with E-state index in [4.69, 9.17) is 11.6 Å². The first-order valence-electron chi connectivity index (χ1n) is 8.33. The van der Waals surface area contributed by atoms with Gasteiger partial charge in [0.15, 0.2) is 0 Å². The van der Waals surface area contributed by atoms with Gasteiger partial charge in [0.25, 0.3) is 11.9 Å². The van der Waals surface area contributed by atoms with E-state index in [9.17, 15) is 9.59 Å². The lowest BCUT2D eigenvalue weighted by Crippen LogP contribution is -2.33. The summed E-state index contributed by atoms with van der Waals surface area (Å²) in [6.45, 7) is -0.195. The molecule has 2 amide bonds. The molecule has 4 rings (SSSR count). The van der Waals surface area contributed by atoms with Crippen molar-refractivity contribution in [1.82, 2.24) is 19.9 Å². The summed E-state index contributed by atoms with van der Waals surface area (Å²) in [6.07, 6.45) is 0. The zero-order valence-corrected chi connectivity index (χ0v) is 16.0. The summed E-state index contributed by atoms with van der Waals surface area (Å²) >= 11 is 7.23. The van der Waals surface area contributed by atoms with Gasteiger partial charge < -0.3 is 5.32 Å². The maximum absolute atomic E-state index is 12.1. The van der Waals surface area contributed by atoms with E-state index in [0.717, 1.165) is 11.3 Å². The Morgan fingerprint density at radius 3 is 2.57 bits per heavy atom. The fourth-order valence-electron chi connectivity index (χ4n) is 2.57. The topological polar surface area (TPSA) is 88.4 Å². The number of nitrogens with zero attached hydrogens (tertiary/aromatic N) is 3. The fraction of sp³-hybridized carbons (Fsp3) is 0.0526. The van der Waals surface area contributed by atoms with Crippen LogP contribution in [0.25, 0.3) is 16.2 Å². The van der Waals surface area contributed by atoms with Crippen molar-refractivity contribution in [2.75, 3.05) is 11.9 Å². The molecule has 0 aliphatic carbocycles. The van der Waals surface area contributed by atoms with Gasteiger partial charge >= 0.3 is 0 Å². The van der Waals surface area contributed by atoms with Crippen LogP contribution < -0.4 is 10.6 Å². The Labute approximate surface area is 169 Å². The van der Waals surface area contributed by atoms with Crippen LogP contribution >= 0.6 is 22.9 Å². The van der Waals surface area contributed by atoms with Crippen LogP contribution in [0.5, 0.6) is 0 Å². The number of thiazole rings is 1. The van der Waals surface area contributed by atoms with Gasteiger partial charge in [0.2, 0.25) is 10.9 Å². The lowest BCUT2D eigenvalue weighted by Gasteiger charge is -2.05. The predicted molar refractivity (Wildman–Crippen MR) is 109 cm³/mol. The second kappa shape index (κ2) is 7.79. The number of nitrogens with one attached hydrogen (secondary N) is 2. The largest absolute Gasteiger partial charge is 0.343 e. The summed E-state index contributed by atoms with van der Waals surface area (Å²) in [4.78, 5) is 29.1. The Morgan fingerprint density at radius 1 is 1.07 bits per heavy atom. The van der Waals surface area contributed by atoms with E-state index in [1.165, 1.54) is 11.3 Å². The molecule has 140 valence electrons. The quantitative estimate of drug-likeness (QED) is 0.526. The highest BCUT2D eigenvalue weighted by Crippen LogP contribution is 2.25. The number of fused-ring (bicyclic) bond motifs is 1. The van der Waals surface area contributed by atoms with Gasteiger partial charge in [-0.2, -0.15) is 4.98 Å². The molecule has 2 N–H and O–H groups in total. The number of rotatable bonds is 5. The highest BCUT2D eigenvalue weighted by atomic mass is 35.5. The van der Waals surface area contributed by atoms with Crippen LogP contribution in [0.2, 0.25) is 5.02 Å². The van der Waals surface area contributed by atoms with Crippen LogP contribution in [-0.2, 0) is 4.79 Å². The van der Waals surface area contributed by atoms with Crippen LogP contribution in [0, 0.1) is 0 Å². The molecule has 0 fully saturated rings. The summed E-state index contributed by atoms with van der Waals surface area (Å²) < 4.78 is 1.68. The van der Waals surface area contributed by atoms with Crippen LogP contribution in [-0.4, -0.2) is 33.0 Å². The number of hydrogen-bond donors (Lipinski definition) is 2. The molecule has 9 heteroatoms. The normalized spacial score (nSPS) is 10.8. The number of halogens is 1. The van der Waals surface area contributed by atoms with Gasteiger partial charge in [0, 0.05) is 21.5 Å². The van der Waals surface area contributed by atoms with E-state index in [1.807, 2.05) is 35.7 Å². The number of anilines is 1. The molecule has 0 unspecified atom stereocenters. The highest BCUT2D eigenvalue weighted by molar-refractivity contribution is 7.15. The third-order valence-corrected chi connectivity index (χ3v) is 4.99. The van der Waals surface area contributed by atoms with E-state index >= 15 is 0 Å². The maximum Gasteiger partial charge on any atom is 0.251 e. The minimum absolute atomic E-state index is 0.190. The molecule has 28 heavy (non-hydrogen) atoms. The Balaban J connectivity index is 1.41. The van der Waals surface area contributed by atoms with Crippen molar-refractivity contribution in [1.29, 1.82) is 0 Å². The van der Waals surface area contributed by atoms with Crippen molar-refractivity contribution < 1.29 is 9.59 Å². The fourth-order valence-corrected chi connectivity index (χ4v) is 3.53. The standard InChI is InChI=1S/C19H14ClN5O2S/c20-14-8-6-13(7-9-14)17(27)21-10-16(26)22-18-23-19-25(24-18)15(11-28-19)12-4-2-1-3-5-12/h1-9,11H,10H2,(H,21,27)(H,22,24,26). The first kappa shape index (κ1) is 18.1. The molecule has 0 aliphatic heterocycles. The van der Waals surface area contributed by atoms with E-state index in [0.29, 0.717) is 15.5 Å². The molecule has 2 aromatic heterocycles. The van der Waals surface area contributed by atoms with Crippen LogP contribution in [0.4, 0.5) is 5.95 Å².